The standard InChI is InChI=1S/C14H17ClN4O3/c1-14(2,20)12(17(3)10-7-5-4-6-8-10)18-9-11(19(21)22)16-13(18)15/h4-9,12,20H,1-3H3/t12-/m0/s1. The van der Waals surface area contributed by atoms with Crippen LogP contribution in [0, 0.1) is 10.1 Å². The van der Waals surface area contributed by atoms with Gasteiger partial charge in [-0.15, -0.1) is 0 Å². The molecule has 118 valence electrons. The highest BCUT2D eigenvalue weighted by atomic mass is 35.5. The van der Waals surface area contributed by atoms with E-state index in [-0.39, 0.29) is 11.1 Å². The molecule has 2 rings (SSSR count). The minimum absolute atomic E-state index is 0.0541. The van der Waals surface area contributed by atoms with Crippen molar-refractivity contribution in [1.82, 2.24) is 9.55 Å². The molecule has 0 fully saturated rings. The van der Waals surface area contributed by atoms with E-state index in [1.165, 1.54) is 10.8 Å². The van der Waals surface area contributed by atoms with Gasteiger partial charge in [0.05, 0.1) is 5.60 Å². The molecular weight excluding hydrogens is 308 g/mol. The van der Waals surface area contributed by atoms with Gasteiger partial charge >= 0.3 is 11.1 Å². The molecule has 8 heteroatoms. The Hall–Kier alpha value is -2.12. The molecule has 1 aromatic heterocycles. The largest absolute Gasteiger partial charge is 0.386 e. The summed E-state index contributed by atoms with van der Waals surface area (Å²) < 4.78 is 1.40. The zero-order valence-corrected chi connectivity index (χ0v) is 13.2. The predicted octanol–water partition coefficient (Wildman–Crippen LogP) is 2.85. The maximum atomic E-state index is 10.9. The van der Waals surface area contributed by atoms with Crippen molar-refractivity contribution in [1.29, 1.82) is 0 Å². The lowest BCUT2D eigenvalue weighted by Crippen LogP contribution is -2.44. The van der Waals surface area contributed by atoms with Crippen LogP contribution in [0.25, 0.3) is 0 Å². The van der Waals surface area contributed by atoms with Crippen LogP contribution in [-0.2, 0) is 0 Å². The minimum atomic E-state index is -1.22. The van der Waals surface area contributed by atoms with Gasteiger partial charge in [-0.05, 0) is 47.5 Å². The smallest absolute Gasteiger partial charge is 0.383 e. The summed E-state index contributed by atoms with van der Waals surface area (Å²) in [5.41, 5.74) is -0.384. The Labute approximate surface area is 132 Å². The molecule has 0 unspecified atom stereocenters. The average molecular weight is 325 g/mol. The lowest BCUT2D eigenvalue weighted by molar-refractivity contribution is -0.389. The highest BCUT2D eigenvalue weighted by Crippen LogP contribution is 2.33. The molecule has 0 radical (unpaired) electrons. The van der Waals surface area contributed by atoms with E-state index in [2.05, 4.69) is 4.98 Å². The lowest BCUT2D eigenvalue weighted by Gasteiger charge is -2.38. The Morgan fingerprint density at radius 2 is 2.00 bits per heavy atom. The fourth-order valence-electron chi connectivity index (χ4n) is 2.42. The van der Waals surface area contributed by atoms with Crippen molar-refractivity contribution < 1.29 is 10.0 Å². The van der Waals surface area contributed by atoms with Crippen molar-refractivity contribution in [3.8, 4) is 0 Å². The molecule has 0 saturated carbocycles. The number of hydrogen-bond acceptors (Lipinski definition) is 5. The van der Waals surface area contributed by atoms with Crippen LogP contribution < -0.4 is 4.90 Å². The van der Waals surface area contributed by atoms with E-state index in [9.17, 15) is 15.2 Å². The van der Waals surface area contributed by atoms with Crippen molar-refractivity contribution in [2.45, 2.75) is 25.6 Å². The van der Waals surface area contributed by atoms with Gasteiger partial charge in [0.15, 0.2) is 0 Å². The third-order valence-electron chi connectivity index (χ3n) is 3.29. The zero-order valence-electron chi connectivity index (χ0n) is 12.5. The number of para-hydroxylation sites is 1. The highest BCUT2D eigenvalue weighted by molar-refractivity contribution is 6.28. The summed E-state index contributed by atoms with van der Waals surface area (Å²) in [4.78, 5) is 15.8. The molecule has 1 atom stereocenters. The molecule has 7 nitrogen and oxygen atoms in total. The van der Waals surface area contributed by atoms with Crippen molar-refractivity contribution in [3.05, 3.63) is 51.9 Å². The lowest BCUT2D eigenvalue weighted by atomic mass is 10.0. The molecule has 1 heterocycles. The summed E-state index contributed by atoms with van der Waals surface area (Å²) in [5, 5.41) is 21.3. The van der Waals surface area contributed by atoms with Crippen molar-refractivity contribution in [2.24, 2.45) is 0 Å². The Bertz CT molecular complexity index is 666. The molecule has 0 saturated heterocycles. The van der Waals surface area contributed by atoms with Gasteiger partial charge < -0.3 is 20.1 Å². The average Bonchev–Trinajstić information content (AvgIpc) is 2.80. The number of aliphatic hydroxyl groups is 1. The van der Waals surface area contributed by atoms with Crippen molar-refractivity contribution in [3.63, 3.8) is 0 Å². The molecule has 2 aromatic rings. The first-order valence-electron chi connectivity index (χ1n) is 6.61. The van der Waals surface area contributed by atoms with E-state index >= 15 is 0 Å². The summed E-state index contributed by atoms with van der Waals surface area (Å²) in [5.74, 6) is -0.360. The zero-order chi connectivity index (χ0) is 16.5. The summed E-state index contributed by atoms with van der Waals surface area (Å²) in [6.45, 7) is 3.22. The molecular formula is C14H17ClN4O3. The number of aromatic nitrogens is 2. The maximum absolute atomic E-state index is 10.9. The van der Waals surface area contributed by atoms with Crippen LogP contribution in [0.4, 0.5) is 11.5 Å². The van der Waals surface area contributed by atoms with Crippen LogP contribution in [-0.4, -0.2) is 32.2 Å². The molecule has 0 amide bonds. The van der Waals surface area contributed by atoms with Gasteiger partial charge in [0, 0.05) is 12.7 Å². The topological polar surface area (TPSA) is 84.4 Å². The van der Waals surface area contributed by atoms with Gasteiger partial charge in [-0.3, -0.25) is 4.57 Å². The third kappa shape index (κ3) is 3.20. The minimum Gasteiger partial charge on any atom is -0.386 e. The number of rotatable bonds is 5. The number of nitrogens with zero attached hydrogens (tertiary/aromatic N) is 4. The summed E-state index contributed by atoms with van der Waals surface area (Å²) >= 11 is 6.03. The van der Waals surface area contributed by atoms with E-state index in [1.807, 2.05) is 30.3 Å². The first kappa shape index (κ1) is 16.3. The highest BCUT2D eigenvalue weighted by Gasteiger charge is 2.36. The summed E-state index contributed by atoms with van der Waals surface area (Å²) in [6.07, 6.45) is 0.563. The normalized spacial score (nSPS) is 13.0. The second-order valence-corrected chi connectivity index (χ2v) is 5.84. The van der Waals surface area contributed by atoms with Gasteiger partial charge in [0.2, 0.25) is 0 Å². The van der Waals surface area contributed by atoms with Crippen molar-refractivity contribution in [2.75, 3.05) is 11.9 Å². The monoisotopic (exact) mass is 324 g/mol. The Morgan fingerprint density at radius 3 is 2.45 bits per heavy atom. The molecule has 0 aliphatic carbocycles. The quantitative estimate of drug-likeness (QED) is 0.675. The number of imidazole rings is 1. The Morgan fingerprint density at radius 1 is 1.41 bits per heavy atom. The van der Waals surface area contributed by atoms with E-state index in [4.69, 9.17) is 11.6 Å². The van der Waals surface area contributed by atoms with Crippen LogP contribution in [0.1, 0.15) is 20.0 Å². The van der Waals surface area contributed by atoms with Crippen LogP contribution in [0.5, 0.6) is 0 Å². The Balaban J connectivity index is 2.50. The SMILES string of the molecule is CN(c1ccccc1)[C@@H](n1cc([N+](=O)[O-])nc1Cl)C(C)(C)O. The molecule has 22 heavy (non-hydrogen) atoms. The number of hydrogen-bond donors (Lipinski definition) is 1. The first-order chi connectivity index (χ1) is 10.2. The number of anilines is 1. The second-order valence-electron chi connectivity index (χ2n) is 5.51. The molecule has 0 aliphatic heterocycles. The number of nitro groups is 1. The fourth-order valence-corrected chi connectivity index (χ4v) is 2.65. The van der Waals surface area contributed by atoms with E-state index in [0.29, 0.717) is 0 Å². The fraction of sp³-hybridized carbons (Fsp3) is 0.357. The first-order valence-corrected chi connectivity index (χ1v) is 6.98. The van der Waals surface area contributed by atoms with E-state index in [1.54, 1.807) is 25.8 Å². The second kappa shape index (κ2) is 5.94. The molecule has 0 aliphatic rings. The van der Waals surface area contributed by atoms with Crippen LogP contribution in [0.2, 0.25) is 5.28 Å². The number of likely N-dealkylation sites (N-methyl/N-ethyl adjacent to an activating group) is 1. The predicted molar refractivity (Wildman–Crippen MR) is 84.1 cm³/mol. The van der Waals surface area contributed by atoms with E-state index in [0.717, 1.165) is 5.69 Å². The number of halogens is 1. The maximum Gasteiger partial charge on any atom is 0.383 e. The van der Waals surface area contributed by atoms with Gasteiger partial charge in [-0.2, -0.15) is 0 Å². The van der Waals surface area contributed by atoms with E-state index < -0.39 is 16.7 Å². The summed E-state index contributed by atoms with van der Waals surface area (Å²) in [6, 6.07) is 9.36. The Kier molecular flexibility index (Phi) is 4.39. The molecule has 0 bridgehead atoms. The molecule has 1 N–H and O–H groups in total. The van der Waals surface area contributed by atoms with Gasteiger partial charge in [-0.1, -0.05) is 18.2 Å². The molecule has 0 spiro atoms. The third-order valence-corrected chi connectivity index (χ3v) is 3.57. The summed E-state index contributed by atoms with van der Waals surface area (Å²) in [7, 11) is 1.78. The number of benzene rings is 1. The van der Waals surface area contributed by atoms with Gasteiger partial charge in [-0.25, -0.2) is 0 Å². The van der Waals surface area contributed by atoms with Crippen molar-refractivity contribution >= 4 is 23.1 Å². The van der Waals surface area contributed by atoms with Crippen LogP contribution >= 0.6 is 11.6 Å². The van der Waals surface area contributed by atoms with Gasteiger partial charge in [0.25, 0.3) is 0 Å². The van der Waals surface area contributed by atoms with Crippen LogP contribution in [0.3, 0.4) is 0 Å². The van der Waals surface area contributed by atoms with Gasteiger partial charge in [0.1, 0.15) is 12.4 Å². The molecule has 1 aromatic carbocycles. The van der Waals surface area contributed by atoms with Crippen LogP contribution in [0.15, 0.2) is 36.5 Å².